The van der Waals surface area contributed by atoms with Crippen molar-refractivity contribution < 1.29 is 38.9 Å². The Balaban J connectivity index is 1.33. The maximum absolute atomic E-state index is 5.66. The quantitative estimate of drug-likeness (QED) is 0.183. The van der Waals surface area contributed by atoms with E-state index in [-0.39, 0.29) is 0 Å². The zero-order valence-electron chi connectivity index (χ0n) is 27.2. The van der Waals surface area contributed by atoms with Crippen LogP contribution in [0.4, 0.5) is 0 Å². The second kappa shape index (κ2) is 12.1. The molecule has 7 rings (SSSR count). The summed E-state index contributed by atoms with van der Waals surface area (Å²) >= 11 is -2.68. The van der Waals surface area contributed by atoms with Crippen LogP contribution >= 0.6 is 0 Å². The molecule has 2 unspecified atom stereocenters. The summed E-state index contributed by atoms with van der Waals surface area (Å²) in [6.45, 7) is 0. The number of methoxy groups -OCH3 is 4. The molecule has 1 fully saturated rings. The van der Waals surface area contributed by atoms with Gasteiger partial charge >= 0.3 is 276 Å². The maximum atomic E-state index is 5.66. The Kier molecular flexibility index (Phi) is 8.15. The van der Waals surface area contributed by atoms with Crippen LogP contribution in [-0.2, 0) is 20.0 Å². The van der Waals surface area contributed by atoms with Crippen molar-refractivity contribution in [2.24, 2.45) is 0 Å². The monoisotopic (exact) mass is 782 g/mol. The van der Waals surface area contributed by atoms with Crippen LogP contribution in [0.1, 0.15) is 44.7 Å². The molecule has 0 N–H and O–H groups in total. The first-order chi connectivity index (χ1) is 21.8. The van der Waals surface area contributed by atoms with Gasteiger partial charge in [0.2, 0.25) is 0 Å². The minimum absolute atomic E-state index is 0.522. The molecule has 6 heteroatoms. The van der Waals surface area contributed by atoms with Gasteiger partial charge in [0.15, 0.2) is 0 Å². The molecule has 0 aromatic heterocycles. The Hall–Kier alpha value is -3.35. The summed E-state index contributed by atoms with van der Waals surface area (Å²) in [6, 6.07) is 26.4. The van der Waals surface area contributed by atoms with E-state index < -0.39 is 29.5 Å². The molecule has 1 aliphatic heterocycles. The summed E-state index contributed by atoms with van der Waals surface area (Å²) in [6.07, 6.45) is 7.77. The van der Waals surface area contributed by atoms with Crippen LogP contribution in [0.15, 0.2) is 83.2 Å². The van der Waals surface area contributed by atoms with Crippen LogP contribution in [0.3, 0.4) is 0 Å². The summed E-state index contributed by atoms with van der Waals surface area (Å²) in [4.78, 5) is 0. The van der Waals surface area contributed by atoms with E-state index in [1.54, 1.807) is 44.4 Å². The Morgan fingerprint density at radius 3 is 1.64 bits per heavy atom. The zero-order chi connectivity index (χ0) is 31.3. The Morgan fingerprint density at radius 2 is 1.11 bits per heavy atom. The van der Waals surface area contributed by atoms with E-state index in [9.17, 15) is 0 Å². The van der Waals surface area contributed by atoms with Gasteiger partial charge in [-0.2, -0.15) is 0 Å². The summed E-state index contributed by atoms with van der Waals surface area (Å²) in [5, 5.41) is 3.46. The molecule has 2 aliphatic carbocycles. The first-order valence-corrected chi connectivity index (χ1v) is 29.2. The fourth-order valence-corrected chi connectivity index (χ4v) is 28.8. The molecular formula is C39H42HfO4Si. The fourth-order valence-electron chi connectivity index (χ4n) is 8.16. The van der Waals surface area contributed by atoms with Crippen molar-refractivity contribution in [1.29, 1.82) is 0 Å². The van der Waals surface area contributed by atoms with Gasteiger partial charge in [-0.1, -0.05) is 0 Å². The number of fused-ring (bicyclic) bond motifs is 6. The molecule has 1 heterocycles. The average Bonchev–Trinajstić information content (AvgIpc) is 3.62. The topological polar surface area (TPSA) is 36.9 Å². The molecule has 4 aromatic carbocycles. The van der Waals surface area contributed by atoms with Gasteiger partial charge in [0.25, 0.3) is 0 Å². The molecule has 4 nitrogen and oxygen atoms in total. The third-order valence-electron chi connectivity index (χ3n) is 10.3. The minimum atomic E-state index is -2.68. The molecule has 0 saturated carbocycles. The van der Waals surface area contributed by atoms with E-state index >= 15 is 0 Å². The molecule has 0 spiro atoms. The standard InChI is InChI=1S/C37H36O4Si.2CH3.Hf/c1-6-9-34-33-13-8-12-32(25-16-28(40-4)20-29(17-25)41-5)36(33)22-37(34)42-30-18-23-10-7-11-31(35(23)21-30)24-14-26(38-2)19-27(15-24)39-3;;;/h7-8,10-22,34H,1,6,9,42H2,2-5H3;2*1H3;. The van der Waals surface area contributed by atoms with Gasteiger partial charge in [-0.05, 0) is 0 Å². The Bertz CT molecular complexity index is 1810. The molecule has 3 aliphatic rings. The fraction of sp³-hybridized carbons (Fsp3) is 0.282. The number of rotatable bonds is 6. The molecule has 0 radical (unpaired) electrons. The number of allylic oxidation sites excluding steroid dienone is 2. The zero-order valence-corrected chi connectivity index (χ0v) is 32.2. The van der Waals surface area contributed by atoms with Crippen molar-refractivity contribution in [3.63, 3.8) is 0 Å². The Morgan fingerprint density at radius 1 is 0.622 bits per heavy atom. The average molecular weight is 781 g/mol. The van der Waals surface area contributed by atoms with Gasteiger partial charge in [0.05, 0.1) is 0 Å². The predicted octanol–water partition coefficient (Wildman–Crippen LogP) is 9.22. The SMILES string of the molecule is COc1cc(OC)cc(-c2cccc3c2C=C2[SiH2]C4=Cc5c(-c6cc(OC)cc(OC)c6)cccc5[CH]4[Hf]([CH3])([CH3])[CH2]CCC23)c1. The molecule has 2 atom stereocenters. The summed E-state index contributed by atoms with van der Waals surface area (Å²) in [7, 11) is 6.22. The van der Waals surface area contributed by atoms with E-state index in [1.165, 1.54) is 44.8 Å². The van der Waals surface area contributed by atoms with Crippen LogP contribution < -0.4 is 18.9 Å². The van der Waals surface area contributed by atoms with E-state index in [0.717, 1.165) is 34.1 Å². The van der Waals surface area contributed by atoms with Crippen molar-refractivity contribution in [2.75, 3.05) is 28.4 Å². The number of hydrogen-bond acceptors (Lipinski definition) is 4. The predicted molar refractivity (Wildman–Crippen MR) is 186 cm³/mol. The Labute approximate surface area is 274 Å². The third kappa shape index (κ3) is 5.44. The molecule has 230 valence electrons. The second-order valence-electron chi connectivity index (χ2n) is 13.3. The van der Waals surface area contributed by atoms with Gasteiger partial charge in [0, 0.05) is 0 Å². The number of benzene rings is 4. The van der Waals surface area contributed by atoms with E-state index in [0.29, 0.717) is 9.59 Å². The molecule has 45 heavy (non-hydrogen) atoms. The van der Waals surface area contributed by atoms with Gasteiger partial charge in [-0.15, -0.1) is 0 Å². The van der Waals surface area contributed by atoms with Crippen LogP contribution in [0.5, 0.6) is 23.0 Å². The first-order valence-electron chi connectivity index (χ1n) is 16.0. The first kappa shape index (κ1) is 30.3. The van der Waals surface area contributed by atoms with Gasteiger partial charge in [0.1, 0.15) is 0 Å². The van der Waals surface area contributed by atoms with Crippen molar-refractivity contribution in [3.05, 3.63) is 105 Å². The molecule has 1 saturated heterocycles. The van der Waals surface area contributed by atoms with Gasteiger partial charge in [-0.3, -0.25) is 0 Å². The van der Waals surface area contributed by atoms with Gasteiger partial charge < -0.3 is 0 Å². The van der Waals surface area contributed by atoms with Gasteiger partial charge in [-0.25, -0.2) is 0 Å². The third-order valence-corrected chi connectivity index (χ3v) is 27.8. The summed E-state index contributed by atoms with van der Waals surface area (Å²) in [5.41, 5.74) is 10.8. The molecule has 0 bridgehead atoms. The molecular weight excluding hydrogens is 739 g/mol. The summed E-state index contributed by atoms with van der Waals surface area (Å²) in [5.74, 6) is 3.81. The van der Waals surface area contributed by atoms with E-state index in [1.807, 2.05) is 12.1 Å². The van der Waals surface area contributed by atoms with Crippen LogP contribution in [0, 0.1) is 0 Å². The van der Waals surface area contributed by atoms with E-state index in [4.69, 9.17) is 18.9 Å². The number of hydrogen-bond donors (Lipinski definition) is 0. The van der Waals surface area contributed by atoms with Crippen LogP contribution in [-0.4, -0.2) is 38.0 Å². The van der Waals surface area contributed by atoms with Crippen LogP contribution in [0.2, 0.25) is 13.5 Å². The van der Waals surface area contributed by atoms with Crippen LogP contribution in [0.25, 0.3) is 34.4 Å². The van der Waals surface area contributed by atoms with E-state index in [2.05, 4.69) is 82.2 Å². The van der Waals surface area contributed by atoms with Crippen molar-refractivity contribution >= 4 is 21.7 Å². The second-order valence-corrected chi connectivity index (χ2v) is 33.4. The number of ether oxygens (including phenoxy) is 4. The van der Waals surface area contributed by atoms with Crippen molar-refractivity contribution in [1.82, 2.24) is 0 Å². The molecule has 0 amide bonds. The normalized spacial score (nSPS) is 20.0. The van der Waals surface area contributed by atoms with Crippen molar-refractivity contribution in [3.8, 4) is 45.3 Å². The van der Waals surface area contributed by atoms with Crippen molar-refractivity contribution in [2.45, 2.75) is 36.0 Å². The molecule has 4 aromatic rings. The summed E-state index contributed by atoms with van der Waals surface area (Å²) < 4.78 is 30.1.